The zero-order chi connectivity index (χ0) is 19.4. The molecule has 1 aliphatic heterocycles. The molecule has 1 amide bonds. The molecule has 2 aromatic rings. The number of hydrogen-bond donors (Lipinski definition) is 1. The third-order valence-electron chi connectivity index (χ3n) is 3.99. The Morgan fingerprint density at radius 2 is 2.07 bits per heavy atom. The smallest absolute Gasteiger partial charge is 0.310 e. The second kappa shape index (κ2) is 7.94. The number of nitro benzene ring substituents is 1. The van der Waals surface area contributed by atoms with Crippen LogP contribution in [0.25, 0.3) is 0 Å². The van der Waals surface area contributed by atoms with Crippen LogP contribution in [0.5, 0.6) is 17.2 Å². The van der Waals surface area contributed by atoms with Gasteiger partial charge in [0.2, 0.25) is 0 Å². The van der Waals surface area contributed by atoms with E-state index < -0.39 is 10.8 Å². The molecular weight excluding hydrogens is 352 g/mol. The predicted molar refractivity (Wildman–Crippen MR) is 98.6 cm³/mol. The summed E-state index contributed by atoms with van der Waals surface area (Å²) >= 11 is 0. The van der Waals surface area contributed by atoms with E-state index in [2.05, 4.69) is 5.32 Å². The number of hydrogen-bond acceptors (Lipinski definition) is 6. The van der Waals surface area contributed by atoms with Crippen LogP contribution in [0.4, 0.5) is 11.4 Å². The van der Waals surface area contributed by atoms with Crippen molar-refractivity contribution in [3.8, 4) is 17.2 Å². The van der Waals surface area contributed by atoms with Crippen molar-refractivity contribution in [2.45, 2.75) is 26.4 Å². The van der Waals surface area contributed by atoms with Crippen molar-refractivity contribution in [2.75, 3.05) is 18.5 Å². The van der Waals surface area contributed by atoms with Gasteiger partial charge in [0.15, 0.2) is 12.4 Å². The van der Waals surface area contributed by atoms with Crippen molar-refractivity contribution < 1.29 is 23.9 Å². The van der Waals surface area contributed by atoms with Crippen molar-refractivity contribution >= 4 is 17.3 Å². The minimum absolute atomic E-state index is 0.0359. The Kier molecular flexibility index (Phi) is 5.44. The van der Waals surface area contributed by atoms with Crippen molar-refractivity contribution in [2.24, 2.45) is 0 Å². The van der Waals surface area contributed by atoms with Crippen LogP contribution < -0.4 is 19.5 Å². The van der Waals surface area contributed by atoms with Gasteiger partial charge in [0.05, 0.1) is 17.2 Å². The van der Waals surface area contributed by atoms with Gasteiger partial charge in [0.1, 0.15) is 17.6 Å². The summed E-state index contributed by atoms with van der Waals surface area (Å²) in [5.41, 5.74) is 1.31. The Hall–Kier alpha value is -3.29. The highest BCUT2D eigenvalue weighted by Gasteiger charge is 2.23. The maximum absolute atomic E-state index is 12.3. The lowest BCUT2D eigenvalue weighted by Crippen LogP contribution is -2.21. The molecule has 8 nitrogen and oxygen atoms in total. The number of carbonyl (C=O) groups is 1. The van der Waals surface area contributed by atoms with Gasteiger partial charge in [-0.05, 0) is 26.0 Å². The molecule has 3 rings (SSSR count). The van der Waals surface area contributed by atoms with Crippen LogP contribution in [0.1, 0.15) is 19.4 Å². The fraction of sp³-hybridized carbons (Fsp3) is 0.316. The molecule has 1 N–H and O–H groups in total. The van der Waals surface area contributed by atoms with E-state index in [0.29, 0.717) is 23.8 Å². The van der Waals surface area contributed by atoms with Gasteiger partial charge in [-0.2, -0.15) is 0 Å². The van der Waals surface area contributed by atoms with E-state index >= 15 is 0 Å². The van der Waals surface area contributed by atoms with E-state index in [9.17, 15) is 14.9 Å². The molecule has 0 saturated heterocycles. The van der Waals surface area contributed by atoms with E-state index in [1.165, 1.54) is 18.2 Å². The zero-order valence-electron chi connectivity index (χ0n) is 15.1. The molecule has 27 heavy (non-hydrogen) atoms. The van der Waals surface area contributed by atoms with Crippen LogP contribution in [0.15, 0.2) is 36.4 Å². The molecule has 1 heterocycles. The summed E-state index contributed by atoms with van der Waals surface area (Å²) in [6.45, 7) is 3.91. The molecule has 0 unspecified atom stereocenters. The number of rotatable bonds is 7. The largest absolute Gasteiger partial charge is 0.492 e. The van der Waals surface area contributed by atoms with Gasteiger partial charge in [0, 0.05) is 24.1 Å². The fourth-order valence-electron chi connectivity index (χ4n) is 2.87. The lowest BCUT2D eigenvalue weighted by Gasteiger charge is -2.14. The highest BCUT2D eigenvalue weighted by molar-refractivity contribution is 5.93. The van der Waals surface area contributed by atoms with Gasteiger partial charge < -0.3 is 19.5 Å². The summed E-state index contributed by atoms with van der Waals surface area (Å²) in [5.74, 6) is 0.836. The van der Waals surface area contributed by atoms with Gasteiger partial charge in [-0.1, -0.05) is 12.1 Å². The van der Waals surface area contributed by atoms with Crippen LogP contribution in [0, 0.1) is 10.1 Å². The first-order valence-corrected chi connectivity index (χ1v) is 8.60. The number of nitro groups is 1. The molecule has 0 aromatic heterocycles. The highest BCUT2D eigenvalue weighted by atomic mass is 16.6. The number of nitrogens with zero attached hydrogens (tertiary/aromatic N) is 1. The third kappa shape index (κ3) is 4.28. The SMILES string of the molecule is CCOc1cc2c(cc1NC(=O)COc1ccccc1[N+](=O)[O-])O[C@@H](C)C2. The van der Waals surface area contributed by atoms with Crippen molar-refractivity contribution in [1.29, 1.82) is 0 Å². The Morgan fingerprint density at radius 1 is 1.30 bits per heavy atom. The number of carbonyl (C=O) groups excluding carboxylic acids is 1. The standard InChI is InChI=1S/C19H20N2O6/c1-3-25-18-9-13-8-12(2)27-17(13)10-14(18)20-19(22)11-26-16-7-5-4-6-15(16)21(23)24/h4-7,9-10,12H,3,8,11H2,1-2H3,(H,20,22)/t12-/m0/s1. The van der Waals surface area contributed by atoms with Crippen molar-refractivity contribution in [1.82, 2.24) is 0 Å². The molecule has 1 atom stereocenters. The van der Waals surface area contributed by atoms with E-state index in [4.69, 9.17) is 14.2 Å². The Bertz CT molecular complexity index is 867. The minimum Gasteiger partial charge on any atom is -0.492 e. The second-order valence-electron chi connectivity index (χ2n) is 6.08. The third-order valence-corrected chi connectivity index (χ3v) is 3.99. The number of anilines is 1. The summed E-state index contributed by atoms with van der Waals surface area (Å²) in [6.07, 6.45) is 0.854. The van der Waals surface area contributed by atoms with E-state index in [-0.39, 0.29) is 24.1 Å². The summed E-state index contributed by atoms with van der Waals surface area (Å²) < 4.78 is 16.6. The Labute approximate surface area is 156 Å². The molecule has 0 bridgehead atoms. The van der Waals surface area contributed by atoms with Crippen molar-refractivity contribution in [3.63, 3.8) is 0 Å². The lowest BCUT2D eigenvalue weighted by atomic mass is 10.1. The first-order chi connectivity index (χ1) is 13.0. The van der Waals surface area contributed by atoms with Crippen LogP contribution in [-0.2, 0) is 11.2 Å². The fourth-order valence-corrected chi connectivity index (χ4v) is 2.87. The van der Waals surface area contributed by atoms with Crippen LogP contribution in [0.2, 0.25) is 0 Å². The topological polar surface area (TPSA) is 99.9 Å². The van der Waals surface area contributed by atoms with Crippen molar-refractivity contribution in [3.05, 3.63) is 52.1 Å². The van der Waals surface area contributed by atoms with Gasteiger partial charge >= 0.3 is 5.69 Å². The molecule has 142 valence electrons. The molecule has 0 spiro atoms. The number of para-hydroxylation sites is 2. The van der Waals surface area contributed by atoms with Gasteiger partial charge in [0.25, 0.3) is 5.91 Å². The second-order valence-corrected chi connectivity index (χ2v) is 6.08. The molecule has 2 aromatic carbocycles. The van der Waals surface area contributed by atoms with E-state index in [1.807, 2.05) is 19.9 Å². The summed E-state index contributed by atoms with van der Waals surface area (Å²) in [5, 5.41) is 13.7. The minimum atomic E-state index is -0.556. The zero-order valence-corrected chi connectivity index (χ0v) is 15.1. The monoisotopic (exact) mass is 372 g/mol. The van der Waals surface area contributed by atoms with Gasteiger partial charge in [-0.3, -0.25) is 14.9 Å². The van der Waals surface area contributed by atoms with Gasteiger partial charge in [-0.15, -0.1) is 0 Å². The molecule has 1 aliphatic rings. The number of nitrogens with one attached hydrogen (secondary N) is 1. The molecule has 8 heteroatoms. The number of fused-ring (bicyclic) bond motifs is 1. The number of benzene rings is 2. The lowest BCUT2D eigenvalue weighted by molar-refractivity contribution is -0.385. The first kappa shape index (κ1) is 18.5. The first-order valence-electron chi connectivity index (χ1n) is 8.60. The van der Waals surface area contributed by atoms with Crippen LogP contribution in [-0.4, -0.2) is 30.1 Å². The molecule has 0 radical (unpaired) electrons. The molecule has 0 aliphatic carbocycles. The normalized spacial score (nSPS) is 14.8. The average molecular weight is 372 g/mol. The number of ether oxygens (including phenoxy) is 3. The summed E-state index contributed by atoms with van der Waals surface area (Å²) in [4.78, 5) is 22.7. The molecule has 0 fully saturated rings. The van der Waals surface area contributed by atoms with E-state index in [1.54, 1.807) is 12.1 Å². The summed E-state index contributed by atoms with van der Waals surface area (Å²) in [6, 6.07) is 9.49. The highest BCUT2D eigenvalue weighted by Crippen LogP contribution is 2.38. The number of amides is 1. The quantitative estimate of drug-likeness (QED) is 0.591. The summed E-state index contributed by atoms with van der Waals surface area (Å²) in [7, 11) is 0. The molecular formula is C19H20N2O6. The van der Waals surface area contributed by atoms with Gasteiger partial charge in [-0.25, -0.2) is 0 Å². The Balaban J connectivity index is 1.71. The predicted octanol–water partition coefficient (Wildman–Crippen LogP) is 3.33. The Morgan fingerprint density at radius 3 is 2.81 bits per heavy atom. The average Bonchev–Trinajstić information content (AvgIpc) is 2.99. The maximum Gasteiger partial charge on any atom is 0.310 e. The van der Waals surface area contributed by atoms with Crippen LogP contribution in [0.3, 0.4) is 0 Å². The van der Waals surface area contributed by atoms with E-state index in [0.717, 1.165) is 12.0 Å². The molecule has 0 saturated carbocycles. The maximum atomic E-state index is 12.3. The van der Waals surface area contributed by atoms with Crippen LogP contribution >= 0.6 is 0 Å².